The zero-order chi connectivity index (χ0) is 21.8. The molecule has 1 atom stereocenters. The molecule has 0 aromatic heterocycles. The topological polar surface area (TPSA) is 55.9 Å². The van der Waals surface area contributed by atoms with Gasteiger partial charge in [0.15, 0.2) is 0 Å². The summed E-state index contributed by atoms with van der Waals surface area (Å²) in [5.41, 5.74) is 2.37. The van der Waals surface area contributed by atoms with E-state index in [1.807, 2.05) is 45.0 Å². The van der Waals surface area contributed by atoms with Gasteiger partial charge in [0.05, 0.1) is 5.69 Å². The third kappa shape index (κ3) is 4.65. The van der Waals surface area contributed by atoms with Crippen LogP contribution in [0.4, 0.5) is 14.9 Å². The van der Waals surface area contributed by atoms with Crippen LogP contribution in [0.15, 0.2) is 48.5 Å². The number of rotatable bonds is 3. The Balaban J connectivity index is 1.41. The molecule has 7 heteroatoms. The second-order valence-electron chi connectivity index (χ2n) is 8.20. The van der Waals surface area contributed by atoms with Crippen molar-refractivity contribution in [1.82, 2.24) is 15.1 Å². The normalized spacial score (nSPS) is 19.3. The van der Waals surface area contributed by atoms with Crippen LogP contribution in [0.5, 0.6) is 0 Å². The molecule has 2 aromatic rings. The van der Waals surface area contributed by atoms with Gasteiger partial charge < -0.3 is 20.0 Å². The fourth-order valence-electron chi connectivity index (χ4n) is 4.56. The van der Waals surface area contributed by atoms with Gasteiger partial charge in [0, 0.05) is 57.8 Å². The molecule has 0 aliphatic carbocycles. The number of piperidine rings is 1. The highest BCUT2D eigenvalue weighted by Crippen LogP contribution is 2.28. The molecule has 0 bridgehead atoms. The maximum absolute atomic E-state index is 14.1. The van der Waals surface area contributed by atoms with Gasteiger partial charge in [0.2, 0.25) is 0 Å². The van der Waals surface area contributed by atoms with Crippen LogP contribution in [0.1, 0.15) is 34.7 Å². The largest absolute Gasteiger partial charge is 0.366 e. The minimum absolute atomic E-state index is 0.00833. The van der Waals surface area contributed by atoms with Crippen LogP contribution in [-0.2, 0) is 0 Å². The third-order valence-electron chi connectivity index (χ3n) is 6.29. The lowest BCUT2D eigenvalue weighted by atomic mass is 9.89. The summed E-state index contributed by atoms with van der Waals surface area (Å²) in [7, 11) is 1.65. The average molecular weight is 425 g/mol. The number of urea groups is 1. The van der Waals surface area contributed by atoms with E-state index in [4.69, 9.17) is 0 Å². The molecule has 1 N–H and O–H groups in total. The number of anilines is 1. The first-order valence-electron chi connectivity index (χ1n) is 10.9. The van der Waals surface area contributed by atoms with Crippen molar-refractivity contribution in [1.29, 1.82) is 0 Å². The van der Waals surface area contributed by atoms with Gasteiger partial charge in [0.25, 0.3) is 5.91 Å². The molecule has 2 fully saturated rings. The lowest BCUT2D eigenvalue weighted by Crippen LogP contribution is -2.49. The number of carbonyl (C=O) groups is 2. The zero-order valence-corrected chi connectivity index (χ0v) is 17.9. The van der Waals surface area contributed by atoms with Gasteiger partial charge in [-0.05, 0) is 42.7 Å². The third-order valence-corrected chi connectivity index (χ3v) is 6.29. The number of halogens is 1. The molecule has 2 aliphatic rings. The lowest BCUT2D eigenvalue weighted by Gasteiger charge is -2.36. The smallest absolute Gasteiger partial charge is 0.317 e. The molecule has 3 amide bonds. The van der Waals surface area contributed by atoms with E-state index in [1.54, 1.807) is 19.2 Å². The Morgan fingerprint density at radius 2 is 1.74 bits per heavy atom. The second kappa shape index (κ2) is 9.37. The number of carbonyl (C=O) groups excluding carboxylic acids is 2. The van der Waals surface area contributed by atoms with Gasteiger partial charge in [-0.1, -0.05) is 24.3 Å². The highest BCUT2D eigenvalue weighted by molar-refractivity contribution is 5.94. The molecule has 164 valence electrons. The predicted octanol–water partition coefficient (Wildman–Crippen LogP) is 3.31. The Hall–Kier alpha value is -3.09. The quantitative estimate of drug-likeness (QED) is 0.823. The molecular weight excluding hydrogens is 395 g/mol. The highest BCUT2D eigenvalue weighted by atomic mass is 19.1. The number of hydrogen-bond acceptors (Lipinski definition) is 3. The van der Waals surface area contributed by atoms with E-state index in [0.717, 1.165) is 24.9 Å². The SMILES string of the molecule is CNC(=O)N1CCC[C@H](c2cccc(C(=O)N3CCN(c4ccccc4F)CC3)c2)C1. The van der Waals surface area contributed by atoms with Crippen molar-refractivity contribution in [2.45, 2.75) is 18.8 Å². The minimum Gasteiger partial charge on any atom is -0.366 e. The number of piperazine rings is 1. The van der Waals surface area contributed by atoms with Gasteiger partial charge in [-0.2, -0.15) is 0 Å². The number of amides is 3. The molecule has 0 saturated carbocycles. The molecule has 0 radical (unpaired) electrons. The van der Waals surface area contributed by atoms with E-state index in [1.165, 1.54) is 6.07 Å². The van der Waals surface area contributed by atoms with Crippen LogP contribution in [0.25, 0.3) is 0 Å². The first kappa shape index (κ1) is 21.2. The van der Waals surface area contributed by atoms with Crippen LogP contribution in [-0.4, -0.2) is 68.1 Å². The van der Waals surface area contributed by atoms with Gasteiger partial charge >= 0.3 is 6.03 Å². The van der Waals surface area contributed by atoms with Gasteiger partial charge in [-0.25, -0.2) is 9.18 Å². The average Bonchev–Trinajstić information content (AvgIpc) is 2.83. The molecule has 4 rings (SSSR count). The fraction of sp³-hybridized carbons (Fsp3) is 0.417. The fourth-order valence-corrected chi connectivity index (χ4v) is 4.56. The number of nitrogens with one attached hydrogen (secondary N) is 1. The maximum Gasteiger partial charge on any atom is 0.317 e. The van der Waals surface area contributed by atoms with Crippen LogP contribution >= 0.6 is 0 Å². The Labute approximate surface area is 182 Å². The van der Waals surface area contributed by atoms with E-state index in [-0.39, 0.29) is 23.7 Å². The summed E-state index contributed by atoms with van der Waals surface area (Å²) in [6, 6.07) is 14.5. The van der Waals surface area contributed by atoms with Crippen LogP contribution in [0, 0.1) is 5.82 Å². The molecular formula is C24H29FN4O2. The van der Waals surface area contributed by atoms with Gasteiger partial charge in [-0.15, -0.1) is 0 Å². The van der Waals surface area contributed by atoms with Crippen molar-refractivity contribution in [3.05, 3.63) is 65.5 Å². The van der Waals surface area contributed by atoms with Gasteiger partial charge in [0.1, 0.15) is 5.82 Å². The number of nitrogens with zero attached hydrogens (tertiary/aromatic N) is 3. The number of para-hydroxylation sites is 1. The van der Waals surface area contributed by atoms with Crippen molar-refractivity contribution in [3.8, 4) is 0 Å². The van der Waals surface area contributed by atoms with E-state index in [2.05, 4.69) is 5.32 Å². The summed E-state index contributed by atoms with van der Waals surface area (Å²) in [6.45, 7) is 3.77. The summed E-state index contributed by atoms with van der Waals surface area (Å²) in [6.07, 6.45) is 1.96. The Morgan fingerprint density at radius 3 is 2.48 bits per heavy atom. The minimum atomic E-state index is -0.228. The first-order chi connectivity index (χ1) is 15.1. The molecule has 0 unspecified atom stereocenters. The Bertz CT molecular complexity index is 943. The van der Waals surface area contributed by atoms with E-state index >= 15 is 0 Å². The summed E-state index contributed by atoms with van der Waals surface area (Å²) < 4.78 is 14.1. The van der Waals surface area contributed by atoms with Crippen molar-refractivity contribution in [2.75, 3.05) is 51.2 Å². The van der Waals surface area contributed by atoms with Crippen LogP contribution in [0.2, 0.25) is 0 Å². The molecule has 6 nitrogen and oxygen atoms in total. The number of hydrogen-bond donors (Lipinski definition) is 1. The summed E-state index contributed by atoms with van der Waals surface area (Å²) in [4.78, 5) is 30.8. The van der Waals surface area contributed by atoms with E-state index in [0.29, 0.717) is 44.0 Å². The number of benzene rings is 2. The highest BCUT2D eigenvalue weighted by Gasteiger charge is 2.26. The van der Waals surface area contributed by atoms with Crippen LogP contribution in [0.3, 0.4) is 0 Å². The van der Waals surface area contributed by atoms with Crippen molar-refractivity contribution in [2.24, 2.45) is 0 Å². The predicted molar refractivity (Wildman–Crippen MR) is 119 cm³/mol. The van der Waals surface area contributed by atoms with Crippen molar-refractivity contribution < 1.29 is 14.0 Å². The van der Waals surface area contributed by atoms with E-state index in [9.17, 15) is 14.0 Å². The second-order valence-corrected chi connectivity index (χ2v) is 8.20. The van der Waals surface area contributed by atoms with Gasteiger partial charge in [-0.3, -0.25) is 4.79 Å². The summed E-state index contributed by atoms with van der Waals surface area (Å²) in [5.74, 6) is 0.0129. The molecule has 2 aromatic carbocycles. The Morgan fingerprint density at radius 1 is 0.968 bits per heavy atom. The summed E-state index contributed by atoms with van der Waals surface area (Å²) in [5, 5.41) is 2.70. The molecule has 31 heavy (non-hydrogen) atoms. The van der Waals surface area contributed by atoms with E-state index < -0.39 is 0 Å². The molecule has 0 spiro atoms. The van der Waals surface area contributed by atoms with Crippen molar-refractivity contribution in [3.63, 3.8) is 0 Å². The molecule has 2 saturated heterocycles. The van der Waals surface area contributed by atoms with Crippen LogP contribution < -0.4 is 10.2 Å². The monoisotopic (exact) mass is 424 g/mol. The Kier molecular flexibility index (Phi) is 6.39. The number of likely N-dealkylation sites (tertiary alicyclic amines) is 1. The summed E-state index contributed by atoms with van der Waals surface area (Å²) >= 11 is 0. The first-order valence-corrected chi connectivity index (χ1v) is 10.9. The zero-order valence-electron chi connectivity index (χ0n) is 17.9. The maximum atomic E-state index is 14.1. The van der Waals surface area contributed by atoms with Crippen molar-refractivity contribution >= 4 is 17.6 Å². The molecule has 2 heterocycles. The standard InChI is InChI=1S/C24H29FN4O2/c1-26-24(31)29-11-5-8-20(17-29)18-6-4-7-19(16-18)23(30)28-14-12-27(13-15-28)22-10-3-2-9-21(22)25/h2-4,6-7,9-10,16,20H,5,8,11-15,17H2,1H3,(H,26,31)/t20-/m0/s1. The molecule has 2 aliphatic heterocycles. The lowest BCUT2D eigenvalue weighted by molar-refractivity contribution is 0.0746.